The third-order valence-corrected chi connectivity index (χ3v) is 0.971. The van der Waals surface area contributed by atoms with Gasteiger partial charge in [0.2, 0.25) is 0 Å². The fraction of sp³-hybridized carbons (Fsp3) is 0.667. The van der Waals surface area contributed by atoms with Crippen LogP contribution in [-0.2, 0) is 14.1 Å². The highest BCUT2D eigenvalue weighted by Crippen LogP contribution is 1.79. The maximum atomic E-state index is 5.40. The second kappa shape index (κ2) is 2.95. The Labute approximate surface area is 69.8 Å². The Morgan fingerprint density at radius 1 is 1.67 bits per heavy atom. The van der Waals surface area contributed by atoms with Crippen LogP contribution in [0.4, 0.5) is 5.95 Å². The molecule has 1 rings (SSSR count). The van der Waals surface area contributed by atoms with Crippen LogP contribution in [0.2, 0.25) is 0 Å². The minimum atomic E-state index is 0. The molecular weight excluding hydrogens is 233 g/mol. The van der Waals surface area contributed by atoms with Crippen LogP contribution in [0, 0.1) is 0 Å². The second-order valence-corrected chi connectivity index (χ2v) is 1.58. The highest BCUT2D eigenvalue weighted by Gasteiger charge is 2.05. The lowest BCUT2D eigenvalue weighted by Crippen LogP contribution is -3.00. The molecule has 2 N–H and O–H groups in total. The van der Waals surface area contributed by atoms with Crippen LogP contribution >= 0.6 is 0 Å². The zero-order valence-electron chi connectivity index (χ0n) is 5.24. The van der Waals surface area contributed by atoms with E-state index in [4.69, 9.17) is 5.73 Å². The molecule has 0 aromatic carbocycles. The number of nitrogens with two attached hydrogens (primary N) is 1. The molecule has 0 spiro atoms. The second-order valence-electron chi connectivity index (χ2n) is 1.58. The van der Waals surface area contributed by atoms with Gasteiger partial charge in [0.15, 0.2) is 0 Å². The Hall–Kier alpha value is -0.400. The molecule has 0 aliphatic carbocycles. The molecule has 0 bridgehead atoms. The van der Waals surface area contributed by atoms with Crippen molar-refractivity contribution in [2.45, 2.75) is 0 Å². The highest BCUT2D eigenvalue weighted by atomic mass is 127. The van der Waals surface area contributed by atoms with Crippen molar-refractivity contribution in [3.8, 4) is 0 Å². The molecule has 1 heterocycles. The van der Waals surface area contributed by atoms with E-state index in [0.29, 0.717) is 5.95 Å². The fourth-order valence-electron chi connectivity index (χ4n) is 0.421. The molecule has 52 valence electrons. The van der Waals surface area contributed by atoms with Gasteiger partial charge in [-0.3, -0.25) is 0 Å². The third kappa shape index (κ3) is 1.50. The standard InChI is InChI=1S/C3H7N5.HI/c1-7-3(4)8(2)6-5-7;/h4H,1-2H3;1H. The molecule has 6 heteroatoms. The Kier molecular flexibility index (Phi) is 2.82. The summed E-state index contributed by atoms with van der Waals surface area (Å²) in [6.45, 7) is 0. The number of rotatable bonds is 0. The Bertz CT molecular complexity index is 175. The molecule has 0 radical (unpaired) electrons. The normalized spacial score (nSPS) is 8.67. The van der Waals surface area contributed by atoms with E-state index in [9.17, 15) is 0 Å². The van der Waals surface area contributed by atoms with Crippen LogP contribution < -0.4 is 34.4 Å². The largest absolute Gasteiger partial charge is 1.00 e. The van der Waals surface area contributed by atoms with E-state index in [1.165, 1.54) is 9.36 Å². The van der Waals surface area contributed by atoms with Crippen LogP contribution in [-0.4, -0.2) is 15.1 Å². The average molecular weight is 241 g/mol. The lowest BCUT2D eigenvalue weighted by Gasteiger charge is -1.79. The summed E-state index contributed by atoms with van der Waals surface area (Å²) in [5, 5.41) is 7.24. The lowest BCUT2D eigenvalue weighted by atomic mass is 11.0. The summed E-state index contributed by atoms with van der Waals surface area (Å²) >= 11 is 0. The van der Waals surface area contributed by atoms with Crippen LogP contribution in [0.5, 0.6) is 0 Å². The lowest BCUT2D eigenvalue weighted by molar-refractivity contribution is -0.718. The molecule has 5 nitrogen and oxygen atoms in total. The molecule has 9 heavy (non-hydrogen) atoms. The molecule has 1 aromatic rings. The number of hydrogen-bond acceptors (Lipinski definition) is 3. The Morgan fingerprint density at radius 2 is 2.22 bits per heavy atom. The smallest absolute Gasteiger partial charge is 0.362 e. The van der Waals surface area contributed by atoms with Gasteiger partial charge in [-0.15, -0.1) is 4.68 Å². The first-order valence-corrected chi connectivity index (χ1v) is 2.23. The van der Waals surface area contributed by atoms with Gasteiger partial charge in [-0.25, -0.2) is 0 Å². The summed E-state index contributed by atoms with van der Waals surface area (Å²) in [4.78, 5) is 0. The van der Waals surface area contributed by atoms with Gasteiger partial charge < -0.3 is 29.7 Å². The zero-order chi connectivity index (χ0) is 6.15. The predicted octanol–water partition coefficient (Wildman–Crippen LogP) is -4.77. The topological polar surface area (TPSA) is 60.6 Å². The molecule has 0 saturated carbocycles. The highest BCUT2D eigenvalue weighted by molar-refractivity contribution is 5.00. The van der Waals surface area contributed by atoms with E-state index in [0.717, 1.165) is 0 Å². The van der Waals surface area contributed by atoms with Crippen molar-refractivity contribution in [1.29, 1.82) is 0 Å². The van der Waals surface area contributed by atoms with Crippen LogP contribution in [0.1, 0.15) is 0 Å². The van der Waals surface area contributed by atoms with Crippen LogP contribution in [0.3, 0.4) is 0 Å². The summed E-state index contributed by atoms with van der Waals surface area (Å²) in [5.41, 5.74) is 5.40. The number of hydrogen-bond donors (Lipinski definition) is 1. The molecule has 0 fully saturated rings. The van der Waals surface area contributed by atoms with Gasteiger partial charge >= 0.3 is 5.95 Å². The summed E-state index contributed by atoms with van der Waals surface area (Å²) in [6.07, 6.45) is 0. The summed E-state index contributed by atoms with van der Waals surface area (Å²) in [6, 6.07) is 0. The first kappa shape index (κ1) is 8.60. The maximum Gasteiger partial charge on any atom is 0.362 e. The van der Waals surface area contributed by atoms with E-state index >= 15 is 0 Å². The van der Waals surface area contributed by atoms with Gasteiger partial charge in [0.05, 0.1) is 19.3 Å². The van der Waals surface area contributed by atoms with Gasteiger partial charge in [0.25, 0.3) is 0 Å². The number of halogens is 1. The number of nitrogen functional groups attached to an aromatic ring is 1. The van der Waals surface area contributed by atoms with Crippen molar-refractivity contribution in [2.75, 3.05) is 5.73 Å². The number of aromatic nitrogens is 4. The van der Waals surface area contributed by atoms with Gasteiger partial charge in [0.1, 0.15) is 5.21 Å². The zero-order valence-corrected chi connectivity index (χ0v) is 7.40. The SMILES string of the molecule is Cn1nn[n+](C)c1N.[I-]. The average Bonchev–Trinajstić information content (AvgIpc) is 1.98. The van der Waals surface area contributed by atoms with Gasteiger partial charge in [-0.2, -0.15) is 0 Å². The van der Waals surface area contributed by atoms with Crippen LogP contribution in [0.15, 0.2) is 0 Å². The molecule has 0 aliphatic heterocycles. The van der Waals surface area contributed by atoms with E-state index in [-0.39, 0.29) is 24.0 Å². The monoisotopic (exact) mass is 241 g/mol. The Morgan fingerprint density at radius 3 is 2.33 bits per heavy atom. The van der Waals surface area contributed by atoms with E-state index in [2.05, 4.69) is 10.4 Å². The molecule has 0 amide bonds. The molecule has 0 aliphatic rings. The van der Waals surface area contributed by atoms with Crippen molar-refractivity contribution in [3.63, 3.8) is 0 Å². The van der Waals surface area contributed by atoms with E-state index in [1.807, 2.05) is 0 Å². The van der Waals surface area contributed by atoms with Crippen molar-refractivity contribution >= 4 is 5.95 Å². The molecule has 0 unspecified atom stereocenters. The van der Waals surface area contributed by atoms with Crippen molar-refractivity contribution in [1.82, 2.24) is 15.1 Å². The maximum absolute atomic E-state index is 5.40. The number of nitrogens with zero attached hydrogens (tertiary/aromatic N) is 4. The first-order chi connectivity index (χ1) is 3.72. The van der Waals surface area contributed by atoms with Gasteiger partial charge in [-0.1, -0.05) is 4.68 Å². The first-order valence-electron chi connectivity index (χ1n) is 2.23. The van der Waals surface area contributed by atoms with Crippen molar-refractivity contribution in [2.24, 2.45) is 14.1 Å². The molecule has 0 saturated heterocycles. The van der Waals surface area contributed by atoms with Crippen LogP contribution in [0.25, 0.3) is 0 Å². The molecule has 0 atom stereocenters. The quantitative estimate of drug-likeness (QED) is 0.366. The van der Waals surface area contributed by atoms with E-state index < -0.39 is 0 Å². The summed E-state index contributed by atoms with van der Waals surface area (Å²) < 4.78 is 3.00. The van der Waals surface area contributed by atoms with Crippen molar-refractivity contribution < 1.29 is 28.7 Å². The van der Waals surface area contributed by atoms with Gasteiger partial charge in [-0.05, 0) is 0 Å². The predicted molar refractivity (Wildman–Crippen MR) is 26.6 cm³/mol. The Balaban J connectivity index is 0.000000640. The van der Waals surface area contributed by atoms with Crippen molar-refractivity contribution in [3.05, 3.63) is 0 Å². The molecular formula is C3H8IN5. The fourth-order valence-corrected chi connectivity index (χ4v) is 0.421. The summed E-state index contributed by atoms with van der Waals surface area (Å²) in [5.74, 6) is 0.546. The minimum Gasteiger partial charge on any atom is -1.00 e. The number of aryl methyl sites for hydroxylation is 2. The van der Waals surface area contributed by atoms with Gasteiger partial charge in [0, 0.05) is 0 Å². The third-order valence-electron chi connectivity index (χ3n) is 0.971. The molecule has 1 aromatic heterocycles. The number of anilines is 1. The minimum absolute atomic E-state index is 0. The summed E-state index contributed by atoms with van der Waals surface area (Å²) in [7, 11) is 3.48. The number of tetrazole rings is 1. The van der Waals surface area contributed by atoms with E-state index in [1.54, 1.807) is 14.1 Å².